The molecule has 0 bridgehead atoms. The summed E-state index contributed by atoms with van der Waals surface area (Å²) in [6.45, 7) is 10.7. The van der Waals surface area contributed by atoms with Gasteiger partial charge in [-0.05, 0) is 27.7 Å². The number of hydrogen-bond donors (Lipinski definition) is 0. The molecular weight excluding hydrogens is 290 g/mol. The quantitative estimate of drug-likeness (QED) is 0.808. The third-order valence-corrected chi connectivity index (χ3v) is 4.09. The molecule has 7 heteroatoms. The van der Waals surface area contributed by atoms with Gasteiger partial charge in [0.15, 0.2) is 11.6 Å². The molecule has 2 rings (SSSR count). The number of rotatable bonds is 6. The van der Waals surface area contributed by atoms with Crippen molar-refractivity contribution in [3.8, 4) is 0 Å². The molecule has 0 radical (unpaired) electrons. The lowest BCUT2D eigenvalue weighted by molar-refractivity contribution is 0.874. The standard InChI is InChI=1S/C16H27N7/c1-8-21(5)14-13-12(17-11(4)18-14)15(22(6)9-2)20-16(19-13)23(7)10-3/h8-10H2,1-7H3. The number of fused-ring (bicyclic) bond motifs is 1. The zero-order valence-electron chi connectivity index (χ0n) is 15.3. The van der Waals surface area contributed by atoms with Crippen LogP contribution in [0.5, 0.6) is 0 Å². The van der Waals surface area contributed by atoms with E-state index in [-0.39, 0.29) is 0 Å². The van der Waals surface area contributed by atoms with Crippen LogP contribution >= 0.6 is 0 Å². The number of hydrogen-bond acceptors (Lipinski definition) is 7. The van der Waals surface area contributed by atoms with E-state index in [2.05, 4.69) is 40.5 Å². The predicted molar refractivity (Wildman–Crippen MR) is 96.7 cm³/mol. The Hall–Kier alpha value is -2.18. The molecule has 2 aromatic rings. The van der Waals surface area contributed by atoms with Gasteiger partial charge in [0.05, 0.1) is 0 Å². The zero-order valence-corrected chi connectivity index (χ0v) is 15.3. The van der Waals surface area contributed by atoms with Crippen molar-refractivity contribution in [2.75, 3.05) is 55.5 Å². The van der Waals surface area contributed by atoms with E-state index in [4.69, 9.17) is 9.97 Å². The number of nitrogens with zero attached hydrogens (tertiary/aromatic N) is 7. The average Bonchev–Trinajstić information content (AvgIpc) is 2.57. The topological polar surface area (TPSA) is 61.3 Å². The van der Waals surface area contributed by atoms with Crippen molar-refractivity contribution >= 4 is 28.6 Å². The molecule has 0 unspecified atom stereocenters. The third kappa shape index (κ3) is 3.28. The highest BCUT2D eigenvalue weighted by atomic mass is 15.3. The fraction of sp³-hybridized carbons (Fsp3) is 0.625. The molecule has 0 atom stereocenters. The van der Waals surface area contributed by atoms with E-state index >= 15 is 0 Å². The minimum atomic E-state index is 0.702. The Bertz CT molecular complexity index is 686. The van der Waals surface area contributed by atoms with Gasteiger partial charge in [-0.1, -0.05) is 0 Å². The molecule has 0 saturated heterocycles. The van der Waals surface area contributed by atoms with Gasteiger partial charge >= 0.3 is 0 Å². The second-order valence-corrected chi connectivity index (χ2v) is 5.68. The van der Waals surface area contributed by atoms with Gasteiger partial charge in [-0.2, -0.15) is 4.98 Å². The highest BCUT2D eigenvalue weighted by molar-refractivity contribution is 5.94. The molecule has 0 fully saturated rings. The van der Waals surface area contributed by atoms with Gasteiger partial charge < -0.3 is 14.7 Å². The summed E-state index contributed by atoms with van der Waals surface area (Å²) in [6, 6.07) is 0. The van der Waals surface area contributed by atoms with Crippen LogP contribution in [0, 0.1) is 6.92 Å². The molecule has 2 heterocycles. The molecule has 0 N–H and O–H groups in total. The minimum absolute atomic E-state index is 0.702. The smallest absolute Gasteiger partial charge is 0.227 e. The Morgan fingerprint density at radius 1 is 0.652 bits per heavy atom. The first-order valence-electron chi connectivity index (χ1n) is 8.12. The largest absolute Gasteiger partial charge is 0.358 e. The maximum atomic E-state index is 4.75. The second-order valence-electron chi connectivity index (χ2n) is 5.68. The summed E-state index contributed by atoms with van der Waals surface area (Å²) in [5, 5.41) is 0. The average molecular weight is 317 g/mol. The van der Waals surface area contributed by atoms with Crippen LogP contribution in [0.1, 0.15) is 26.6 Å². The molecule has 126 valence electrons. The van der Waals surface area contributed by atoms with Crippen molar-refractivity contribution < 1.29 is 0 Å². The van der Waals surface area contributed by atoms with Crippen LogP contribution in [0.2, 0.25) is 0 Å². The SMILES string of the molecule is CCN(C)c1nc(N(C)CC)c2nc(C)nc(N(C)CC)c2n1. The molecular formula is C16H27N7. The van der Waals surface area contributed by atoms with Crippen LogP contribution in [0.15, 0.2) is 0 Å². The summed E-state index contributed by atoms with van der Waals surface area (Å²) < 4.78 is 0. The lowest BCUT2D eigenvalue weighted by Gasteiger charge is -2.23. The Kier molecular flexibility index (Phi) is 5.18. The van der Waals surface area contributed by atoms with Crippen molar-refractivity contribution in [1.29, 1.82) is 0 Å². The lowest BCUT2D eigenvalue weighted by atomic mass is 10.3. The van der Waals surface area contributed by atoms with Gasteiger partial charge in [-0.3, -0.25) is 0 Å². The Labute approximate surface area is 138 Å². The van der Waals surface area contributed by atoms with Crippen LogP contribution < -0.4 is 14.7 Å². The van der Waals surface area contributed by atoms with Gasteiger partial charge in [0.1, 0.15) is 16.9 Å². The number of aryl methyl sites for hydroxylation is 1. The molecule has 7 nitrogen and oxygen atoms in total. The maximum Gasteiger partial charge on any atom is 0.227 e. The molecule has 0 aliphatic carbocycles. The normalized spacial score (nSPS) is 10.9. The molecule has 0 aliphatic heterocycles. The van der Waals surface area contributed by atoms with Crippen LogP contribution in [-0.2, 0) is 0 Å². The van der Waals surface area contributed by atoms with Crippen molar-refractivity contribution in [2.24, 2.45) is 0 Å². The van der Waals surface area contributed by atoms with E-state index < -0.39 is 0 Å². The molecule has 23 heavy (non-hydrogen) atoms. The summed E-state index contributed by atoms with van der Waals surface area (Å²) in [7, 11) is 6.04. The molecule has 0 aliphatic rings. The van der Waals surface area contributed by atoms with Crippen LogP contribution in [0.25, 0.3) is 11.0 Å². The fourth-order valence-electron chi connectivity index (χ4n) is 2.23. The summed E-state index contributed by atoms with van der Waals surface area (Å²) in [4.78, 5) is 25.0. The van der Waals surface area contributed by atoms with Gasteiger partial charge in [-0.25, -0.2) is 15.0 Å². The first-order valence-corrected chi connectivity index (χ1v) is 8.12. The highest BCUT2D eigenvalue weighted by Gasteiger charge is 2.19. The van der Waals surface area contributed by atoms with Gasteiger partial charge in [-0.15, -0.1) is 0 Å². The van der Waals surface area contributed by atoms with Crippen molar-refractivity contribution in [3.63, 3.8) is 0 Å². The zero-order chi connectivity index (χ0) is 17.1. The first-order chi connectivity index (χ1) is 10.9. The second kappa shape index (κ2) is 6.93. The molecule has 0 aromatic carbocycles. The Morgan fingerprint density at radius 3 is 1.65 bits per heavy atom. The molecule has 0 saturated carbocycles. The fourth-order valence-corrected chi connectivity index (χ4v) is 2.23. The minimum Gasteiger partial charge on any atom is -0.358 e. The molecule has 0 amide bonds. The third-order valence-electron chi connectivity index (χ3n) is 4.09. The lowest BCUT2D eigenvalue weighted by Crippen LogP contribution is -2.25. The number of aromatic nitrogens is 4. The summed E-state index contributed by atoms with van der Waals surface area (Å²) in [6.07, 6.45) is 0. The van der Waals surface area contributed by atoms with Crippen molar-refractivity contribution in [2.45, 2.75) is 27.7 Å². The monoisotopic (exact) mass is 317 g/mol. The summed E-state index contributed by atoms with van der Waals surface area (Å²) in [5.41, 5.74) is 1.62. The van der Waals surface area contributed by atoms with E-state index in [1.165, 1.54) is 0 Å². The van der Waals surface area contributed by atoms with Gasteiger partial charge in [0.2, 0.25) is 5.95 Å². The molecule has 2 aromatic heterocycles. The molecule has 0 spiro atoms. The Morgan fingerprint density at radius 2 is 1.13 bits per heavy atom. The van der Waals surface area contributed by atoms with E-state index in [0.29, 0.717) is 5.95 Å². The van der Waals surface area contributed by atoms with Crippen LogP contribution in [0.4, 0.5) is 17.6 Å². The van der Waals surface area contributed by atoms with Crippen molar-refractivity contribution in [3.05, 3.63) is 5.82 Å². The van der Waals surface area contributed by atoms with Gasteiger partial charge in [0.25, 0.3) is 0 Å². The predicted octanol–water partition coefficient (Wildman–Crippen LogP) is 2.10. The summed E-state index contributed by atoms with van der Waals surface area (Å²) in [5.74, 6) is 3.14. The van der Waals surface area contributed by atoms with Crippen LogP contribution in [-0.4, -0.2) is 60.7 Å². The highest BCUT2D eigenvalue weighted by Crippen LogP contribution is 2.29. The van der Waals surface area contributed by atoms with Gasteiger partial charge in [0, 0.05) is 40.8 Å². The van der Waals surface area contributed by atoms with E-state index in [1.54, 1.807) is 0 Å². The van der Waals surface area contributed by atoms with Crippen molar-refractivity contribution in [1.82, 2.24) is 19.9 Å². The van der Waals surface area contributed by atoms with E-state index in [0.717, 1.165) is 48.1 Å². The summed E-state index contributed by atoms with van der Waals surface area (Å²) >= 11 is 0. The Balaban J connectivity index is 2.83. The number of anilines is 3. The van der Waals surface area contributed by atoms with E-state index in [1.807, 2.05) is 33.0 Å². The first kappa shape index (κ1) is 17.2. The maximum absolute atomic E-state index is 4.75. The van der Waals surface area contributed by atoms with E-state index in [9.17, 15) is 0 Å². The van der Waals surface area contributed by atoms with Crippen LogP contribution in [0.3, 0.4) is 0 Å².